The summed E-state index contributed by atoms with van der Waals surface area (Å²) in [6.45, 7) is 9.47. The van der Waals surface area contributed by atoms with Crippen LogP contribution >= 0.6 is 0 Å². The molecule has 5 nitrogen and oxygen atoms in total. The predicted molar refractivity (Wildman–Crippen MR) is 75.7 cm³/mol. The Bertz CT molecular complexity index is 317. The highest BCUT2D eigenvalue weighted by molar-refractivity contribution is 5.87. The molecule has 0 aromatic rings. The van der Waals surface area contributed by atoms with Crippen molar-refractivity contribution in [3.63, 3.8) is 0 Å². The van der Waals surface area contributed by atoms with Gasteiger partial charge in [0.2, 0.25) is 11.8 Å². The number of piperidine rings is 1. The molecule has 1 fully saturated rings. The van der Waals surface area contributed by atoms with Crippen LogP contribution in [0.2, 0.25) is 0 Å². The second kappa shape index (κ2) is 6.89. The lowest BCUT2D eigenvalue weighted by Crippen LogP contribution is -2.51. The average molecular weight is 269 g/mol. The molecule has 0 bridgehead atoms. The van der Waals surface area contributed by atoms with Crippen LogP contribution in [0.4, 0.5) is 0 Å². The van der Waals surface area contributed by atoms with Gasteiger partial charge in [-0.1, -0.05) is 0 Å². The number of hydrogen-bond donors (Lipinski definition) is 3. The molecule has 110 valence electrons. The van der Waals surface area contributed by atoms with Crippen molar-refractivity contribution in [2.45, 2.75) is 58.5 Å². The number of carbonyl (C=O) groups excluding carboxylic acids is 2. The molecular weight excluding hydrogens is 242 g/mol. The van der Waals surface area contributed by atoms with Crippen LogP contribution in [-0.4, -0.2) is 36.5 Å². The van der Waals surface area contributed by atoms with Crippen molar-refractivity contribution in [2.24, 2.45) is 5.92 Å². The van der Waals surface area contributed by atoms with Crippen molar-refractivity contribution in [1.29, 1.82) is 0 Å². The summed E-state index contributed by atoms with van der Waals surface area (Å²) in [6, 6.07) is -0.478. The van der Waals surface area contributed by atoms with Crippen LogP contribution in [0.15, 0.2) is 0 Å². The third kappa shape index (κ3) is 6.57. The molecule has 0 aromatic heterocycles. The second-order valence-electron chi connectivity index (χ2n) is 6.43. The highest BCUT2D eigenvalue weighted by atomic mass is 16.2. The van der Waals surface area contributed by atoms with Gasteiger partial charge in [0.25, 0.3) is 0 Å². The van der Waals surface area contributed by atoms with E-state index < -0.39 is 6.04 Å². The fourth-order valence-electron chi connectivity index (χ4n) is 2.19. The van der Waals surface area contributed by atoms with E-state index in [4.69, 9.17) is 0 Å². The predicted octanol–water partition coefficient (Wildman–Crippen LogP) is 0.796. The normalized spacial score (nSPS) is 18.7. The van der Waals surface area contributed by atoms with E-state index in [0.29, 0.717) is 12.3 Å². The van der Waals surface area contributed by atoms with Crippen LogP contribution < -0.4 is 16.0 Å². The van der Waals surface area contributed by atoms with Crippen molar-refractivity contribution in [2.75, 3.05) is 13.1 Å². The molecule has 1 aliphatic heterocycles. The molecule has 3 N–H and O–H groups in total. The Balaban J connectivity index is 2.32. The summed E-state index contributed by atoms with van der Waals surface area (Å²) in [5, 5.41) is 8.92. The number of rotatable bonds is 4. The lowest BCUT2D eigenvalue weighted by molar-refractivity contribution is -0.130. The van der Waals surface area contributed by atoms with Gasteiger partial charge in [-0.05, 0) is 59.5 Å². The van der Waals surface area contributed by atoms with E-state index >= 15 is 0 Å². The SMILES string of the molecule is CC(NC(=O)CC1CCNCC1)C(=O)NC(C)(C)C. The number of amides is 2. The fourth-order valence-corrected chi connectivity index (χ4v) is 2.19. The average Bonchev–Trinajstić information content (AvgIpc) is 2.27. The first-order chi connectivity index (χ1) is 8.78. The highest BCUT2D eigenvalue weighted by Crippen LogP contribution is 2.15. The van der Waals surface area contributed by atoms with Gasteiger partial charge in [-0.15, -0.1) is 0 Å². The molecule has 1 unspecified atom stereocenters. The quantitative estimate of drug-likeness (QED) is 0.707. The zero-order valence-corrected chi connectivity index (χ0v) is 12.5. The van der Waals surface area contributed by atoms with Gasteiger partial charge in [0, 0.05) is 12.0 Å². The molecular formula is C14H27N3O2. The van der Waals surface area contributed by atoms with Crippen LogP contribution in [0.5, 0.6) is 0 Å². The zero-order chi connectivity index (χ0) is 14.5. The summed E-state index contributed by atoms with van der Waals surface area (Å²) in [5.74, 6) is 0.286. The Morgan fingerprint density at radius 1 is 1.26 bits per heavy atom. The van der Waals surface area contributed by atoms with Crippen LogP contribution in [-0.2, 0) is 9.59 Å². The molecule has 0 radical (unpaired) electrons. The van der Waals surface area contributed by atoms with Crippen LogP contribution in [0, 0.1) is 5.92 Å². The third-order valence-electron chi connectivity index (χ3n) is 3.20. The van der Waals surface area contributed by atoms with Gasteiger partial charge in [-0.25, -0.2) is 0 Å². The molecule has 1 aliphatic rings. The van der Waals surface area contributed by atoms with Crippen molar-refractivity contribution < 1.29 is 9.59 Å². The molecule has 0 spiro atoms. The van der Waals surface area contributed by atoms with Gasteiger partial charge in [0.1, 0.15) is 6.04 Å². The molecule has 19 heavy (non-hydrogen) atoms. The largest absolute Gasteiger partial charge is 0.350 e. The second-order valence-corrected chi connectivity index (χ2v) is 6.43. The maximum Gasteiger partial charge on any atom is 0.242 e. The minimum Gasteiger partial charge on any atom is -0.350 e. The van der Waals surface area contributed by atoms with E-state index in [2.05, 4.69) is 16.0 Å². The van der Waals surface area contributed by atoms with Crippen molar-refractivity contribution >= 4 is 11.8 Å². The maximum atomic E-state index is 11.9. The summed E-state index contributed by atoms with van der Waals surface area (Å²) in [7, 11) is 0. The topological polar surface area (TPSA) is 70.2 Å². The Labute approximate surface area is 115 Å². The van der Waals surface area contributed by atoms with Gasteiger partial charge < -0.3 is 16.0 Å². The van der Waals surface area contributed by atoms with E-state index in [1.807, 2.05) is 20.8 Å². The molecule has 1 heterocycles. The summed E-state index contributed by atoms with van der Waals surface area (Å²) < 4.78 is 0. The Morgan fingerprint density at radius 2 is 1.84 bits per heavy atom. The van der Waals surface area contributed by atoms with Crippen molar-refractivity contribution in [3.05, 3.63) is 0 Å². The monoisotopic (exact) mass is 269 g/mol. The van der Waals surface area contributed by atoms with Gasteiger partial charge in [-0.2, -0.15) is 0 Å². The van der Waals surface area contributed by atoms with Crippen molar-refractivity contribution in [3.8, 4) is 0 Å². The Kier molecular flexibility index (Phi) is 5.79. The molecule has 0 saturated carbocycles. The number of carbonyl (C=O) groups is 2. The minimum atomic E-state index is -0.478. The summed E-state index contributed by atoms with van der Waals surface area (Å²) in [6.07, 6.45) is 2.60. The van der Waals surface area contributed by atoms with Gasteiger partial charge in [-0.3, -0.25) is 9.59 Å². The van der Waals surface area contributed by atoms with Crippen LogP contribution in [0.25, 0.3) is 0 Å². The molecule has 1 atom stereocenters. The van der Waals surface area contributed by atoms with Crippen LogP contribution in [0.3, 0.4) is 0 Å². The smallest absolute Gasteiger partial charge is 0.242 e. The van der Waals surface area contributed by atoms with E-state index in [9.17, 15) is 9.59 Å². The molecule has 2 amide bonds. The fraction of sp³-hybridized carbons (Fsp3) is 0.857. The van der Waals surface area contributed by atoms with E-state index in [1.165, 1.54) is 0 Å². The highest BCUT2D eigenvalue weighted by Gasteiger charge is 2.22. The Morgan fingerprint density at radius 3 is 2.37 bits per heavy atom. The zero-order valence-electron chi connectivity index (χ0n) is 12.5. The van der Waals surface area contributed by atoms with Crippen LogP contribution in [0.1, 0.15) is 47.0 Å². The standard InChI is InChI=1S/C14H27N3O2/c1-10(13(19)17-14(2,3)4)16-12(18)9-11-5-7-15-8-6-11/h10-11,15H,5-9H2,1-4H3,(H,16,18)(H,17,19). The first kappa shape index (κ1) is 16.0. The third-order valence-corrected chi connectivity index (χ3v) is 3.20. The molecule has 0 aromatic carbocycles. The first-order valence-electron chi connectivity index (χ1n) is 7.10. The molecule has 1 rings (SSSR count). The summed E-state index contributed by atoms with van der Waals surface area (Å²) in [4.78, 5) is 23.7. The van der Waals surface area contributed by atoms with E-state index in [-0.39, 0.29) is 17.4 Å². The molecule has 1 saturated heterocycles. The van der Waals surface area contributed by atoms with Crippen molar-refractivity contribution in [1.82, 2.24) is 16.0 Å². The summed E-state index contributed by atoms with van der Waals surface area (Å²) >= 11 is 0. The van der Waals surface area contributed by atoms with E-state index in [1.54, 1.807) is 6.92 Å². The lowest BCUT2D eigenvalue weighted by Gasteiger charge is -2.25. The molecule has 0 aliphatic carbocycles. The van der Waals surface area contributed by atoms with Gasteiger partial charge in [0.15, 0.2) is 0 Å². The van der Waals surface area contributed by atoms with Gasteiger partial charge >= 0.3 is 0 Å². The van der Waals surface area contributed by atoms with E-state index in [0.717, 1.165) is 25.9 Å². The number of nitrogens with one attached hydrogen (secondary N) is 3. The Hall–Kier alpha value is -1.10. The van der Waals surface area contributed by atoms with Gasteiger partial charge in [0.05, 0.1) is 0 Å². The number of hydrogen-bond acceptors (Lipinski definition) is 3. The maximum absolute atomic E-state index is 11.9. The molecule has 5 heteroatoms. The lowest BCUT2D eigenvalue weighted by atomic mass is 9.94. The minimum absolute atomic E-state index is 0.0246. The summed E-state index contributed by atoms with van der Waals surface area (Å²) in [5.41, 5.74) is -0.273. The first-order valence-corrected chi connectivity index (χ1v) is 7.10.